The summed E-state index contributed by atoms with van der Waals surface area (Å²) in [6.45, 7) is 17.7. The number of nitrogens with zero attached hydrogens (tertiary/aromatic N) is 1. The van der Waals surface area contributed by atoms with Crippen LogP contribution in [0.15, 0.2) is 47.2 Å². The van der Waals surface area contributed by atoms with Crippen molar-refractivity contribution in [2.45, 2.75) is 74.7 Å². The summed E-state index contributed by atoms with van der Waals surface area (Å²) in [4.78, 5) is 18.4. The van der Waals surface area contributed by atoms with Gasteiger partial charge in [0.25, 0.3) is 0 Å². The maximum Gasteiger partial charge on any atom is 0 e. The number of rotatable bonds is 4. The summed E-state index contributed by atoms with van der Waals surface area (Å²) >= 11 is 0.471. The third kappa shape index (κ3) is 8.61. The van der Waals surface area contributed by atoms with Gasteiger partial charge in [-0.3, -0.25) is 4.79 Å². The van der Waals surface area contributed by atoms with E-state index in [1.807, 2.05) is 47.7 Å². The number of hydrogen-bond donors (Lipinski definition) is 1. The second-order valence-corrected chi connectivity index (χ2v) is 12.7. The molecule has 34 heavy (non-hydrogen) atoms. The molecule has 0 aliphatic carbocycles. The Bertz CT molecular complexity index is 1130. The second-order valence-electron chi connectivity index (χ2n) is 10.7. The van der Waals surface area contributed by atoms with Crippen LogP contribution in [-0.2, 0) is 24.9 Å². The number of carbonyl (C=O) groups excluding carboxylic acids is 1. The average Bonchev–Trinajstić information content (AvgIpc) is 3.19. The fraction of sp³-hybridized carbons (Fsp3) is 0.448. The van der Waals surface area contributed by atoms with Gasteiger partial charge in [-0.05, 0) is 0 Å². The molecule has 1 N–H and O–H groups in total. The van der Waals surface area contributed by atoms with Crippen LogP contribution in [0.5, 0.6) is 0 Å². The number of hydrogen-bond acceptors (Lipinski definition) is 3. The van der Waals surface area contributed by atoms with Gasteiger partial charge in [-0.15, -0.1) is 0 Å². The molecule has 0 spiro atoms. The Kier molecular flexibility index (Phi) is 11.2. The minimum absolute atomic E-state index is 0. The van der Waals surface area contributed by atoms with Crippen molar-refractivity contribution in [1.82, 2.24) is 4.98 Å². The maximum absolute atomic E-state index is 11.5. The molecule has 0 saturated heterocycles. The fourth-order valence-corrected chi connectivity index (χ4v) is 4.52. The van der Waals surface area contributed by atoms with E-state index in [1.165, 1.54) is 26.8 Å². The van der Waals surface area contributed by atoms with Gasteiger partial charge >= 0.3 is 126 Å². The van der Waals surface area contributed by atoms with Crippen LogP contribution in [0.2, 0.25) is 0 Å². The summed E-state index contributed by atoms with van der Waals surface area (Å²) < 4.78 is 1.39. The number of pyridine rings is 1. The van der Waals surface area contributed by atoms with Crippen molar-refractivity contribution >= 4 is 29.9 Å². The molecule has 0 amide bonds. The Labute approximate surface area is 225 Å². The quantitative estimate of drug-likeness (QED) is 0.131. The van der Waals surface area contributed by atoms with Crippen LogP contribution < -0.4 is 0 Å². The summed E-state index contributed by atoms with van der Waals surface area (Å²) in [5.74, 6) is 0.687. The molecule has 0 aliphatic heterocycles. The van der Waals surface area contributed by atoms with Gasteiger partial charge in [0.1, 0.15) is 5.76 Å². The van der Waals surface area contributed by atoms with Crippen molar-refractivity contribution in [2.75, 3.05) is 0 Å². The smallest absolute Gasteiger partial charge is 0 e. The molecule has 5 heteroatoms. The van der Waals surface area contributed by atoms with Gasteiger partial charge in [0.2, 0.25) is 0 Å². The molecule has 0 saturated carbocycles. The third-order valence-electron chi connectivity index (χ3n) is 5.60. The summed E-state index contributed by atoms with van der Waals surface area (Å²) in [6.07, 6.45) is 4.52. The molecule has 0 fully saturated rings. The Balaban J connectivity index is 0.000000364. The van der Waals surface area contributed by atoms with Crippen molar-refractivity contribution in [3.05, 3.63) is 64.4 Å². The first kappa shape index (κ1) is 30.5. The van der Waals surface area contributed by atoms with Gasteiger partial charge < -0.3 is 5.11 Å². The van der Waals surface area contributed by atoms with Crippen LogP contribution in [0, 0.1) is 23.8 Å². The van der Waals surface area contributed by atoms with Crippen molar-refractivity contribution in [3.63, 3.8) is 0 Å². The molecular formula is C29H38IrNO2Se-. The summed E-state index contributed by atoms with van der Waals surface area (Å²) in [5.41, 5.74) is 3.98. The Hall–Kier alpha value is -1.51. The first-order valence-electron chi connectivity index (χ1n) is 11.6. The van der Waals surface area contributed by atoms with Crippen molar-refractivity contribution < 1.29 is 30.0 Å². The predicted molar refractivity (Wildman–Crippen MR) is 141 cm³/mol. The summed E-state index contributed by atoms with van der Waals surface area (Å²) in [5, 5.41) is 10.9. The van der Waals surface area contributed by atoms with Gasteiger partial charge in [0.15, 0.2) is 5.78 Å². The molecule has 2 heterocycles. The Morgan fingerprint density at radius 2 is 1.79 bits per heavy atom. The van der Waals surface area contributed by atoms with E-state index in [1.54, 1.807) is 0 Å². The van der Waals surface area contributed by atoms with Gasteiger partial charge in [0.05, 0.1) is 0 Å². The zero-order chi connectivity index (χ0) is 25.0. The van der Waals surface area contributed by atoms with Crippen LogP contribution in [0.1, 0.15) is 78.9 Å². The molecule has 0 bridgehead atoms. The summed E-state index contributed by atoms with van der Waals surface area (Å²) in [6, 6.07) is 12.4. The number of allylic oxidation sites excluding steroid dienone is 2. The van der Waals surface area contributed by atoms with Crippen LogP contribution in [-0.4, -0.2) is 30.4 Å². The molecule has 2 aromatic heterocycles. The summed E-state index contributed by atoms with van der Waals surface area (Å²) in [7, 11) is 0. The van der Waals surface area contributed by atoms with E-state index < -0.39 is 5.41 Å². The first-order valence-corrected chi connectivity index (χ1v) is 13.4. The number of carbonyl (C=O) groups is 1. The zero-order valence-corrected chi connectivity index (χ0v) is 26.0. The molecule has 0 aliphatic rings. The molecule has 3 rings (SSSR count). The van der Waals surface area contributed by atoms with Gasteiger partial charge in [0, 0.05) is 37.0 Å². The SMILES string of the molecule is CC(C)(C)C(=O)/C=C(\O)C(C)(C)C.CCC(C)c1cc(C)[c-]c(-c2cc3cc[se]c3cn2)c1.[Ir]. The Morgan fingerprint density at radius 1 is 1.15 bits per heavy atom. The topological polar surface area (TPSA) is 50.2 Å². The molecule has 3 nitrogen and oxygen atoms in total. The minimum Gasteiger partial charge on any atom is 0 e. The number of aliphatic hydroxyl groups is 1. The molecular weight excluding hydrogens is 666 g/mol. The van der Waals surface area contributed by atoms with Crippen LogP contribution >= 0.6 is 0 Å². The van der Waals surface area contributed by atoms with Gasteiger partial charge in [-0.1, -0.05) is 41.5 Å². The fourth-order valence-electron chi connectivity index (χ4n) is 2.97. The predicted octanol–water partition coefficient (Wildman–Crippen LogP) is 7.67. The van der Waals surface area contributed by atoms with E-state index in [4.69, 9.17) is 0 Å². The molecule has 1 unspecified atom stereocenters. The number of aliphatic hydroxyl groups excluding tert-OH is 1. The van der Waals surface area contributed by atoms with E-state index in [0.29, 0.717) is 20.4 Å². The zero-order valence-electron chi connectivity index (χ0n) is 21.9. The van der Waals surface area contributed by atoms with Crippen LogP contribution in [0.3, 0.4) is 0 Å². The number of benzene rings is 1. The normalized spacial score (nSPS) is 13.0. The van der Waals surface area contributed by atoms with E-state index in [0.717, 1.165) is 17.7 Å². The maximum atomic E-state index is 11.5. The number of fused-ring (bicyclic) bond motifs is 1. The van der Waals surface area contributed by atoms with E-state index >= 15 is 0 Å². The monoisotopic (exact) mass is 705 g/mol. The average molecular weight is 704 g/mol. The molecule has 1 atom stereocenters. The van der Waals surface area contributed by atoms with E-state index in [2.05, 4.69) is 61.0 Å². The van der Waals surface area contributed by atoms with Crippen LogP contribution in [0.25, 0.3) is 20.9 Å². The van der Waals surface area contributed by atoms with Gasteiger partial charge in [-0.25, -0.2) is 0 Å². The Morgan fingerprint density at radius 3 is 2.35 bits per heavy atom. The minimum atomic E-state index is -0.417. The molecule has 1 radical (unpaired) electrons. The van der Waals surface area contributed by atoms with E-state index in [9.17, 15) is 9.90 Å². The molecule has 3 aromatic rings. The number of aromatic nitrogens is 1. The largest absolute Gasteiger partial charge is 0 e. The third-order valence-corrected chi connectivity index (χ3v) is 7.42. The van der Waals surface area contributed by atoms with E-state index in [-0.39, 0.29) is 37.1 Å². The first-order chi connectivity index (χ1) is 15.2. The number of aryl methyl sites for hydroxylation is 1. The van der Waals surface area contributed by atoms with Crippen LogP contribution in [0.4, 0.5) is 0 Å². The van der Waals surface area contributed by atoms with Gasteiger partial charge in [-0.2, -0.15) is 0 Å². The molecule has 187 valence electrons. The molecule has 1 aromatic carbocycles. The second kappa shape index (κ2) is 12.4. The van der Waals surface area contributed by atoms with Crippen molar-refractivity contribution in [3.8, 4) is 11.3 Å². The number of ketones is 1. The van der Waals surface area contributed by atoms with Crippen molar-refractivity contribution in [2.24, 2.45) is 10.8 Å². The standard InChI is InChI=1S/C18H18NSe.C11H20O2.Ir/c1-4-13(3)15-7-12(2)8-16(9-15)17-10-14-5-6-20-18(14)11-19-17;1-10(2,3)8(12)7-9(13)11(4,5)6;/h5-7,9-11,13H,4H2,1-3H3;7,12H,1-6H3;/q-1;;/b;8-7-;. The van der Waals surface area contributed by atoms with Crippen molar-refractivity contribution in [1.29, 1.82) is 0 Å².